The highest BCUT2D eigenvalue weighted by Gasteiger charge is 2.12. The highest BCUT2D eigenvalue weighted by atomic mass is 32.1. The van der Waals surface area contributed by atoms with Crippen LogP contribution in [-0.2, 0) is 6.42 Å². The molecule has 0 saturated carbocycles. The second-order valence-corrected chi connectivity index (χ2v) is 5.57. The third kappa shape index (κ3) is 6.02. The van der Waals surface area contributed by atoms with Gasteiger partial charge in [0.15, 0.2) is 0 Å². The van der Waals surface area contributed by atoms with Crippen molar-refractivity contribution < 1.29 is 9.90 Å². The Morgan fingerprint density at radius 1 is 1.50 bits per heavy atom. The maximum atomic E-state index is 11.6. The molecule has 1 aromatic heterocycles. The van der Waals surface area contributed by atoms with Gasteiger partial charge in [0.25, 0.3) is 0 Å². The Morgan fingerprint density at radius 2 is 2.28 bits per heavy atom. The monoisotopic (exact) mass is 270 g/mol. The summed E-state index contributed by atoms with van der Waals surface area (Å²) in [5.74, 6) is 0.452. The minimum atomic E-state index is -0.204. The molecule has 1 rings (SSSR count). The van der Waals surface area contributed by atoms with E-state index in [1.807, 2.05) is 5.38 Å². The summed E-state index contributed by atoms with van der Waals surface area (Å²) in [7, 11) is 0. The zero-order chi connectivity index (χ0) is 13.4. The minimum absolute atomic E-state index is 0.0177. The van der Waals surface area contributed by atoms with E-state index >= 15 is 0 Å². The van der Waals surface area contributed by atoms with Crippen LogP contribution >= 0.6 is 11.3 Å². The fourth-order valence-electron chi connectivity index (χ4n) is 1.74. The number of hydrogen-bond acceptors (Lipinski definition) is 3. The van der Waals surface area contributed by atoms with E-state index < -0.39 is 0 Å². The Morgan fingerprint density at radius 3 is 2.83 bits per heavy atom. The van der Waals surface area contributed by atoms with Gasteiger partial charge in [-0.05, 0) is 41.1 Å². The number of hydrogen-bond donors (Lipinski definition) is 3. The summed E-state index contributed by atoms with van der Waals surface area (Å²) < 4.78 is 0. The van der Waals surface area contributed by atoms with Gasteiger partial charge in [-0.3, -0.25) is 0 Å². The lowest BCUT2D eigenvalue weighted by atomic mass is 10.0. The van der Waals surface area contributed by atoms with E-state index in [-0.39, 0.29) is 18.7 Å². The molecule has 102 valence electrons. The lowest BCUT2D eigenvalue weighted by Crippen LogP contribution is -2.44. The predicted molar refractivity (Wildman–Crippen MR) is 74.9 cm³/mol. The summed E-state index contributed by atoms with van der Waals surface area (Å²) in [5.41, 5.74) is 1.24. The van der Waals surface area contributed by atoms with Crippen LogP contribution in [-0.4, -0.2) is 30.3 Å². The van der Waals surface area contributed by atoms with Crippen molar-refractivity contribution in [2.75, 3.05) is 13.2 Å². The van der Waals surface area contributed by atoms with Crippen molar-refractivity contribution in [1.82, 2.24) is 10.6 Å². The third-order valence-electron chi connectivity index (χ3n) is 2.59. The summed E-state index contributed by atoms with van der Waals surface area (Å²) in [6.07, 6.45) is 1.62. The van der Waals surface area contributed by atoms with Crippen LogP contribution < -0.4 is 10.6 Å². The normalized spacial score (nSPS) is 12.4. The molecule has 0 fully saturated rings. The van der Waals surface area contributed by atoms with E-state index in [0.717, 1.165) is 12.8 Å². The van der Waals surface area contributed by atoms with Gasteiger partial charge in [0, 0.05) is 6.54 Å². The van der Waals surface area contributed by atoms with Crippen LogP contribution in [0, 0.1) is 5.92 Å². The fraction of sp³-hybridized carbons (Fsp3) is 0.615. The van der Waals surface area contributed by atoms with E-state index in [1.165, 1.54) is 5.56 Å². The number of carbonyl (C=O) groups excluding carboxylic acids is 1. The minimum Gasteiger partial charge on any atom is -0.394 e. The van der Waals surface area contributed by atoms with E-state index in [1.54, 1.807) is 11.3 Å². The van der Waals surface area contributed by atoms with Crippen LogP contribution in [0.1, 0.15) is 25.8 Å². The van der Waals surface area contributed by atoms with Crippen molar-refractivity contribution in [2.45, 2.75) is 32.7 Å². The number of aliphatic hydroxyl groups is 1. The van der Waals surface area contributed by atoms with Gasteiger partial charge in [0.2, 0.25) is 0 Å². The predicted octanol–water partition coefficient (Wildman–Crippen LogP) is 2.00. The summed E-state index contributed by atoms with van der Waals surface area (Å²) in [5, 5.41) is 18.8. The number of carbonyl (C=O) groups is 1. The van der Waals surface area contributed by atoms with Crippen molar-refractivity contribution in [3.8, 4) is 0 Å². The largest absolute Gasteiger partial charge is 0.394 e. The number of urea groups is 1. The molecule has 1 atom stereocenters. The van der Waals surface area contributed by atoms with Gasteiger partial charge in [-0.1, -0.05) is 13.8 Å². The smallest absolute Gasteiger partial charge is 0.315 e. The van der Waals surface area contributed by atoms with Gasteiger partial charge in [-0.15, -0.1) is 0 Å². The SMILES string of the molecule is CC(C)CC(CO)NC(=O)NCCc1ccsc1. The van der Waals surface area contributed by atoms with Crippen molar-refractivity contribution in [2.24, 2.45) is 5.92 Å². The summed E-state index contributed by atoms with van der Waals surface area (Å²) >= 11 is 1.66. The van der Waals surface area contributed by atoms with Crippen LogP contribution in [0.2, 0.25) is 0 Å². The number of rotatable bonds is 7. The molecule has 0 saturated heterocycles. The van der Waals surface area contributed by atoms with Crippen LogP contribution in [0.4, 0.5) is 4.79 Å². The molecule has 1 heterocycles. The molecule has 3 N–H and O–H groups in total. The first-order valence-corrected chi connectivity index (χ1v) is 7.22. The highest BCUT2D eigenvalue weighted by molar-refractivity contribution is 7.07. The maximum absolute atomic E-state index is 11.6. The molecule has 18 heavy (non-hydrogen) atoms. The molecular weight excluding hydrogens is 248 g/mol. The Kier molecular flexibility index (Phi) is 6.75. The van der Waals surface area contributed by atoms with Gasteiger partial charge in [0.1, 0.15) is 0 Å². The molecular formula is C13H22N2O2S. The Bertz CT molecular complexity index is 339. The summed E-state index contributed by atoms with van der Waals surface area (Å²) in [6.45, 7) is 4.73. The molecule has 0 aromatic carbocycles. The lowest BCUT2D eigenvalue weighted by molar-refractivity contribution is 0.207. The number of thiophene rings is 1. The van der Waals surface area contributed by atoms with Crippen LogP contribution in [0.5, 0.6) is 0 Å². The fourth-order valence-corrected chi connectivity index (χ4v) is 2.44. The zero-order valence-electron chi connectivity index (χ0n) is 11.0. The maximum Gasteiger partial charge on any atom is 0.315 e. The van der Waals surface area contributed by atoms with Gasteiger partial charge in [0.05, 0.1) is 12.6 Å². The molecule has 0 bridgehead atoms. The average Bonchev–Trinajstić information content (AvgIpc) is 2.80. The van der Waals surface area contributed by atoms with Crippen molar-refractivity contribution >= 4 is 17.4 Å². The molecule has 0 aliphatic rings. The first kappa shape index (κ1) is 15.0. The Hall–Kier alpha value is -1.07. The molecule has 0 aliphatic heterocycles. The van der Waals surface area contributed by atoms with Crippen LogP contribution in [0.15, 0.2) is 16.8 Å². The number of aliphatic hydroxyl groups excluding tert-OH is 1. The van der Waals surface area contributed by atoms with Gasteiger partial charge in [-0.2, -0.15) is 11.3 Å². The van der Waals surface area contributed by atoms with Crippen molar-refractivity contribution in [3.63, 3.8) is 0 Å². The Labute approximate surface area is 112 Å². The highest BCUT2D eigenvalue weighted by Crippen LogP contribution is 2.06. The molecule has 4 nitrogen and oxygen atoms in total. The van der Waals surface area contributed by atoms with Crippen molar-refractivity contribution in [3.05, 3.63) is 22.4 Å². The molecule has 1 aromatic rings. The van der Waals surface area contributed by atoms with E-state index in [2.05, 4.69) is 35.9 Å². The first-order chi connectivity index (χ1) is 8.61. The third-order valence-corrected chi connectivity index (χ3v) is 3.32. The van der Waals surface area contributed by atoms with Gasteiger partial charge >= 0.3 is 6.03 Å². The molecule has 1 unspecified atom stereocenters. The standard InChI is InChI=1S/C13H22N2O2S/c1-10(2)7-12(8-16)15-13(17)14-5-3-11-4-6-18-9-11/h4,6,9-10,12,16H,3,5,7-8H2,1-2H3,(H2,14,15,17). The number of amides is 2. The first-order valence-electron chi connectivity index (χ1n) is 6.28. The second-order valence-electron chi connectivity index (χ2n) is 4.79. The van der Waals surface area contributed by atoms with E-state index in [9.17, 15) is 4.79 Å². The van der Waals surface area contributed by atoms with E-state index in [0.29, 0.717) is 12.5 Å². The topological polar surface area (TPSA) is 61.4 Å². The Balaban J connectivity index is 2.19. The van der Waals surface area contributed by atoms with Crippen LogP contribution in [0.3, 0.4) is 0 Å². The lowest BCUT2D eigenvalue weighted by Gasteiger charge is -2.18. The van der Waals surface area contributed by atoms with Crippen LogP contribution in [0.25, 0.3) is 0 Å². The molecule has 0 radical (unpaired) electrons. The number of nitrogens with one attached hydrogen (secondary N) is 2. The summed E-state index contributed by atoms with van der Waals surface area (Å²) in [6, 6.07) is 1.69. The van der Waals surface area contributed by atoms with E-state index in [4.69, 9.17) is 5.11 Å². The van der Waals surface area contributed by atoms with Gasteiger partial charge in [-0.25, -0.2) is 4.79 Å². The summed E-state index contributed by atoms with van der Waals surface area (Å²) in [4.78, 5) is 11.6. The van der Waals surface area contributed by atoms with Crippen molar-refractivity contribution in [1.29, 1.82) is 0 Å². The average molecular weight is 270 g/mol. The molecule has 2 amide bonds. The quantitative estimate of drug-likeness (QED) is 0.709. The molecule has 0 spiro atoms. The molecule has 0 aliphatic carbocycles. The zero-order valence-corrected chi connectivity index (χ0v) is 11.8. The second kappa shape index (κ2) is 8.11. The molecule has 5 heteroatoms. The van der Waals surface area contributed by atoms with Gasteiger partial charge < -0.3 is 15.7 Å².